The molecule has 11 heteroatoms. The van der Waals surface area contributed by atoms with Crippen LogP contribution in [0.4, 0.5) is 18.9 Å². The molecule has 0 spiro atoms. The normalized spacial score (nSPS) is 17.7. The molecule has 0 saturated carbocycles. The molecule has 0 aromatic carbocycles. The topological polar surface area (TPSA) is 93.7 Å². The number of aliphatic hydroxyl groups is 1. The number of hydrogen-bond acceptors (Lipinski definition) is 6. The van der Waals surface area contributed by atoms with Crippen molar-refractivity contribution in [3.05, 3.63) is 16.3 Å². The smallest absolute Gasteiger partial charge is 0.422 e. The second-order valence-corrected chi connectivity index (χ2v) is 6.78. The van der Waals surface area contributed by atoms with E-state index in [2.05, 4.69) is 14.7 Å². The van der Waals surface area contributed by atoms with Crippen LogP contribution >= 0.6 is 0 Å². The van der Waals surface area contributed by atoms with Crippen LogP contribution in [0.2, 0.25) is 0 Å². The van der Waals surface area contributed by atoms with E-state index in [0.29, 0.717) is 32.5 Å². The van der Waals surface area contributed by atoms with Crippen LogP contribution in [0.3, 0.4) is 0 Å². The molecule has 0 atom stereocenters. The van der Waals surface area contributed by atoms with Crippen LogP contribution in [0.1, 0.15) is 32.7 Å². The van der Waals surface area contributed by atoms with Gasteiger partial charge in [0.25, 0.3) is 0 Å². The lowest BCUT2D eigenvalue weighted by atomic mass is 10.0. The van der Waals surface area contributed by atoms with Gasteiger partial charge in [0.2, 0.25) is 0 Å². The molecule has 0 aliphatic carbocycles. The molecule has 0 amide bonds. The molecule has 2 rings (SSSR count). The Morgan fingerprint density at radius 1 is 1.40 bits per heavy atom. The van der Waals surface area contributed by atoms with Gasteiger partial charge in [-0.25, -0.2) is 0 Å². The zero-order chi connectivity index (χ0) is 18.8. The van der Waals surface area contributed by atoms with Gasteiger partial charge in [0.05, 0.1) is 16.6 Å². The minimum absolute atomic E-state index is 0.167. The van der Waals surface area contributed by atoms with E-state index < -0.39 is 34.9 Å². The molecule has 142 valence electrons. The quantitative estimate of drug-likeness (QED) is 0.612. The Bertz CT molecular complexity index is 604. The zero-order valence-electron chi connectivity index (χ0n) is 14.0. The molecule has 1 saturated heterocycles. The average Bonchev–Trinajstić information content (AvgIpc) is 2.88. The van der Waals surface area contributed by atoms with Gasteiger partial charge in [-0.1, -0.05) is 0 Å². The molecular formula is C14H21F3N4O4. The molecule has 1 aromatic heterocycles. The fraction of sp³-hybridized carbons (Fsp3) is 0.786. The minimum Gasteiger partial charge on any atom is -0.462 e. The maximum Gasteiger partial charge on any atom is 0.422 e. The van der Waals surface area contributed by atoms with E-state index in [1.54, 1.807) is 13.8 Å². The Balaban J connectivity index is 2.04. The summed E-state index contributed by atoms with van der Waals surface area (Å²) in [4.78, 5) is 12.3. The fourth-order valence-electron chi connectivity index (χ4n) is 2.82. The summed E-state index contributed by atoms with van der Waals surface area (Å²) in [5.74, 6) is -0.624. The molecular weight excluding hydrogens is 345 g/mol. The van der Waals surface area contributed by atoms with Crippen LogP contribution in [0.15, 0.2) is 6.20 Å². The van der Waals surface area contributed by atoms with Crippen molar-refractivity contribution in [2.24, 2.45) is 0 Å². The van der Waals surface area contributed by atoms with E-state index in [0.717, 1.165) is 6.20 Å². The van der Waals surface area contributed by atoms with Crippen molar-refractivity contribution in [3.8, 4) is 5.88 Å². The van der Waals surface area contributed by atoms with Crippen LogP contribution in [0, 0.1) is 10.1 Å². The lowest BCUT2D eigenvalue weighted by Gasteiger charge is -2.35. The second kappa shape index (κ2) is 7.16. The van der Waals surface area contributed by atoms with Gasteiger partial charge in [-0.05, 0) is 26.7 Å². The van der Waals surface area contributed by atoms with Crippen LogP contribution in [-0.2, 0) is 0 Å². The van der Waals surface area contributed by atoms with Crippen molar-refractivity contribution < 1.29 is 27.9 Å². The summed E-state index contributed by atoms with van der Waals surface area (Å²) < 4.78 is 42.6. The van der Waals surface area contributed by atoms with Crippen molar-refractivity contribution in [1.82, 2.24) is 14.7 Å². The first-order chi connectivity index (χ1) is 11.4. The van der Waals surface area contributed by atoms with Gasteiger partial charge in [0.1, 0.15) is 6.20 Å². The number of rotatable bonds is 6. The highest BCUT2D eigenvalue weighted by Gasteiger charge is 2.33. The number of nitro groups is 1. The molecule has 1 fully saturated rings. The molecule has 25 heavy (non-hydrogen) atoms. The molecule has 1 aliphatic rings. The maximum atomic E-state index is 12.3. The van der Waals surface area contributed by atoms with E-state index in [4.69, 9.17) is 0 Å². The lowest BCUT2D eigenvalue weighted by molar-refractivity contribution is -0.386. The highest BCUT2D eigenvalue weighted by atomic mass is 19.4. The number of hydrogen-bond donors (Lipinski definition) is 1. The van der Waals surface area contributed by atoms with Gasteiger partial charge in [-0.2, -0.15) is 13.2 Å². The minimum atomic E-state index is -4.60. The van der Waals surface area contributed by atoms with Gasteiger partial charge in [0, 0.05) is 19.6 Å². The number of piperidine rings is 1. The second-order valence-electron chi connectivity index (χ2n) is 6.78. The number of ether oxygens (including phenoxy) is 1. The predicted octanol–water partition coefficient (Wildman–Crippen LogP) is 2.14. The van der Waals surface area contributed by atoms with Gasteiger partial charge in [0.15, 0.2) is 6.61 Å². The van der Waals surface area contributed by atoms with Gasteiger partial charge in [-0.3, -0.25) is 14.8 Å². The van der Waals surface area contributed by atoms with Crippen LogP contribution in [-0.4, -0.2) is 62.7 Å². The van der Waals surface area contributed by atoms with Crippen molar-refractivity contribution in [3.63, 3.8) is 0 Å². The Morgan fingerprint density at radius 3 is 2.48 bits per heavy atom. The third-order valence-electron chi connectivity index (χ3n) is 3.79. The molecule has 8 nitrogen and oxygen atoms in total. The standard InChI is InChI=1S/C14H21F3N4O4/c1-13(2,22)8-19-5-3-10(4-6-19)20-7-11(21(23)24)12(18-20)25-9-14(15,16)17/h7,10,22H,3-6,8-9H2,1-2H3. The molecule has 0 bridgehead atoms. The highest BCUT2D eigenvalue weighted by molar-refractivity contribution is 5.38. The largest absolute Gasteiger partial charge is 0.462 e. The molecule has 0 radical (unpaired) electrons. The predicted molar refractivity (Wildman–Crippen MR) is 81.4 cm³/mol. The summed E-state index contributed by atoms with van der Waals surface area (Å²) in [6.45, 7) is 3.59. The van der Waals surface area contributed by atoms with E-state index in [1.165, 1.54) is 4.68 Å². The summed E-state index contributed by atoms with van der Waals surface area (Å²) >= 11 is 0. The Labute approximate surface area is 142 Å². The number of alkyl halides is 3. The van der Waals surface area contributed by atoms with Crippen molar-refractivity contribution in [2.75, 3.05) is 26.2 Å². The van der Waals surface area contributed by atoms with E-state index >= 15 is 0 Å². The fourth-order valence-corrected chi connectivity index (χ4v) is 2.82. The van der Waals surface area contributed by atoms with Crippen molar-refractivity contribution in [2.45, 2.75) is 44.5 Å². The molecule has 1 N–H and O–H groups in total. The number of β-amino-alcohol motifs (C(OH)–C–C–N with tert-alkyl or cyclic N) is 1. The van der Waals surface area contributed by atoms with Crippen LogP contribution < -0.4 is 4.74 Å². The molecule has 1 aliphatic heterocycles. The SMILES string of the molecule is CC(C)(O)CN1CCC(n2cc([N+](=O)[O-])c(OCC(F)(F)F)n2)CC1. The first-order valence-corrected chi connectivity index (χ1v) is 7.82. The van der Waals surface area contributed by atoms with Crippen molar-refractivity contribution >= 4 is 5.69 Å². The summed E-state index contributed by atoms with van der Waals surface area (Å²) in [5, 5.41) is 24.7. The lowest BCUT2D eigenvalue weighted by Crippen LogP contribution is -2.43. The van der Waals surface area contributed by atoms with Gasteiger partial charge < -0.3 is 14.7 Å². The van der Waals surface area contributed by atoms with E-state index in [-0.39, 0.29) is 6.04 Å². The summed E-state index contributed by atoms with van der Waals surface area (Å²) in [6.07, 6.45) is -2.25. The average molecular weight is 366 g/mol. The first-order valence-electron chi connectivity index (χ1n) is 7.82. The third kappa shape index (κ3) is 5.85. The van der Waals surface area contributed by atoms with Crippen molar-refractivity contribution in [1.29, 1.82) is 0 Å². The van der Waals surface area contributed by atoms with E-state index in [9.17, 15) is 28.4 Å². The van der Waals surface area contributed by atoms with Crippen LogP contribution in [0.5, 0.6) is 5.88 Å². The summed E-state index contributed by atoms with van der Waals surface area (Å²) in [5.41, 5.74) is -1.40. The summed E-state index contributed by atoms with van der Waals surface area (Å²) in [7, 11) is 0. The molecule has 1 aromatic rings. The van der Waals surface area contributed by atoms with Gasteiger partial charge >= 0.3 is 17.7 Å². The van der Waals surface area contributed by atoms with E-state index in [1.807, 2.05) is 0 Å². The van der Waals surface area contributed by atoms with Crippen LogP contribution in [0.25, 0.3) is 0 Å². The third-order valence-corrected chi connectivity index (χ3v) is 3.79. The van der Waals surface area contributed by atoms with Gasteiger partial charge in [-0.15, -0.1) is 5.10 Å². The number of halogens is 3. The monoisotopic (exact) mass is 366 g/mol. The highest BCUT2D eigenvalue weighted by Crippen LogP contribution is 2.31. The Hall–Kier alpha value is -1.88. The number of aromatic nitrogens is 2. The Kier molecular flexibility index (Phi) is 5.57. The number of nitrogens with zero attached hydrogens (tertiary/aromatic N) is 4. The number of likely N-dealkylation sites (tertiary alicyclic amines) is 1. The first kappa shape index (κ1) is 19.4. The summed E-state index contributed by atoms with van der Waals surface area (Å²) in [6, 6.07) is -0.167. The molecule has 2 heterocycles. The molecule has 0 unspecified atom stereocenters. The zero-order valence-corrected chi connectivity index (χ0v) is 14.0. The Morgan fingerprint density at radius 2 is 2.00 bits per heavy atom. The maximum absolute atomic E-state index is 12.3.